The number of rotatable bonds is 6. The van der Waals surface area contributed by atoms with Crippen molar-refractivity contribution in [2.24, 2.45) is 5.92 Å². The molecular formula is C25H29N5O3S. The molecule has 5 rings (SSSR count). The molecule has 0 saturated carbocycles. The van der Waals surface area contributed by atoms with E-state index in [1.54, 1.807) is 11.3 Å². The second-order valence-electron chi connectivity index (χ2n) is 9.36. The molecule has 1 aromatic carbocycles. The molecule has 8 nitrogen and oxygen atoms in total. The number of nitrogens with one attached hydrogen (secondary N) is 1. The minimum absolute atomic E-state index is 0.000288. The maximum absolute atomic E-state index is 13.2. The van der Waals surface area contributed by atoms with Gasteiger partial charge in [-0.15, -0.1) is 0 Å². The average Bonchev–Trinajstić information content (AvgIpc) is 3.52. The van der Waals surface area contributed by atoms with Gasteiger partial charge in [-0.25, -0.2) is 9.78 Å². The number of imidazole rings is 1. The standard InChI is InChI=1S/C25H29N5O3S/c1-17-26-20-5-3-4-6-21(20)29(17)13-9-22(31)28-11-7-19(8-12-28)25(2)23(32)30(24(33)27-25)15-18-10-14-34-16-18/h3-6,10,14,16,19H,7-9,11-13,15H2,1-2H3,(H,27,33)/t25-/m1/s1. The minimum atomic E-state index is -0.922. The predicted molar refractivity (Wildman–Crippen MR) is 130 cm³/mol. The number of aryl methyl sites for hydroxylation is 2. The van der Waals surface area contributed by atoms with Crippen molar-refractivity contribution in [3.8, 4) is 0 Å². The summed E-state index contributed by atoms with van der Waals surface area (Å²) in [6.07, 6.45) is 1.79. The summed E-state index contributed by atoms with van der Waals surface area (Å²) in [5.41, 5.74) is 2.02. The van der Waals surface area contributed by atoms with Crippen molar-refractivity contribution in [3.63, 3.8) is 0 Å². The number of urea groups is 1. The zero-order chi connectivity index (χ0) is 23.9. The van der Waals surface area contributed by atoms with Crippen molar-refractivity contribution in [3.05, 3.63) is 52.5 Å². The average molecular weight is 480 g/mol. The number of hydrogen-bond acceptors (Lipinski definition) is 5. The van der Waals surface area contributed by atoms with Crippen molar-refractivity contribution in [1.82, 2.24) is 24.7 Å². The van der Waals surface area contributed by atoms with Crippen LogP contribution in [-0.4, -0.2) is 55.8 Å². The van der Waals surface area contributed by atoms with Gasteiger partial charge in [0.15, 0.2) is 0 Å². The molecule has 0 spiro atoms. The fraction of sp³-hybridized carbons (Fsp3) is 0.440. The van der Waals surface area contributed by atoms with E-state index < -0.39 is 5.54 Å². The monoisotopic (exact) mass is 479 g/mol. The Kier molecular flexibility index (Phi) is 5.89. The van der Waals surface area contributed by atoms with E-state index in [0.29, 0.717) is 45.4 Å². The van der Waals surface area contributed by atoms with Crippen molar-refractivity contribution in [2.75, 3.05) is 13.1 Å². The third kappa shape index (κ3) is 3.98. The van der Waals surface area contributed by atoms with E-state index in [1.165, 1.54) is 4.90 Å². The van der Waals surface area contributed by atoms with Gasteiger partial charge >= 0.3 is 6.03 Å². The molecule has 2 aromatic heterocycles. The van der Waals surface area contributed by atoms with E-state index in [4.69, 9.17) is 0 Å². The second kappa shape index (κ2) is 8.87. The Balaban J connectivity index is 1.18. The van der Waals surface area contributed by atoms with Crippen molar-refractivity contribution in [1.29, 1.82) is 0 Å². The number of nitrogens with zero attached hydrogens (tertiary/aromatic N) is 4. The van der Waals surface area contributed by atoms with Crippen molar-refractivity contribution >= 4 is 40.2 Å². The number of aromatic nitrogens is 2. The summed E-state index contributed by atoms with van der Waals surface area (Å²) < 4.78 is 2.09. The van der Waals surface area contributed by atoms with E-state index in [2.05, 4.69) is 14.9 Å². The Labute approximate surface area is 202 Å². The predicted octanol–water partition coefficient (Wildman–Crippen LogP) is 3.55. The van der Waals surface area contributed by atoms with Crippen LogP contribution in [0.3, 0.4) is 0 Å². The number of thiophene rings is 1. The lowest BCUT2D eigenvalue weighted by molar-refractivity contribution is -0.135. The van der Waals surface area contributed by atoms with Gasteiger partial charge in [0.1, 0.15) is 11.4 Å². The van der Waals surface area contributed by atoms with Crippen LogP contribution >= 0.6 is 11.3 Å². The van der Waals surface area contributed by atoms with Gasteiger partial charge in [0, 0.05) is 26.1 Å². The molecule has 9 heteroatoms. The maximum atomic E-state index is 13.2. The summed E-state index contributed by atoms with van der Waals surface area (Å²) >= 11 is 1.55. The molecule has 1 N–H and O–H groups in total. The molecule has 3 aromatic rings. The van der Waals surface area contributed by atoms with Crippen molar-refractivity contribution < 1.29 is 14.4 Å². The molecule has 0 aliphatic carbocycles. The summed E-state index contributed by atoms with van der Waals surface area (Å²) in [5, 5.41) is 6.84. The molecule has 0 unspecified atom stereocenters. The highest BCUT2D eigenvalue weighted by Gasteiger charge is 2.52. The fourth-order valence-electron chi connectivity index (χ4n) is 5.25. The van der Waals surface area contributed by atoms with Gasteiger partial charge in [0.25, 0.3) is 5.91 Å². The molecule has 4 heterocycles. The highest BCUT2D eigenvalue weighted by atomic mass is 32.1. The van der Waals surface area contributed by atoms with Gasteiger partial charge in [0.05, 0.1) is 17.6 Å². The zero-order valence-electron chi connectivity index (χ0n) is 19.5. The quantitative estimate of drug-likeness (QED) is 0.548. The third-order valence-corrected chi connectivity index (χ3v) is 8.01. The molecule has 0 radical (unpaired) electrons. The molecule has 178 valence electrons. The minimum Gasteiger partial charge on any atom is -0.343 e. The lowest BCUT2D eigenvalue weighted by Crippen LogP contribution is -2.54. The number of piperidine rings is 1. The van der Waals surface area contributed by atoms with E-state index >= 15 is 0 Å². The number of benzene rings is 1. The van der Waals surface area contributed by atoms with Crippen LogP contribution in [-0.2, 0) is 22.7 Å². The first-order valence-electron chi connectivity index (χ1n) is 11.7. The highest BCUT2D eigenvalue weighted by molar-refractivity contribution is 7.07. The van der Waals surface area contributed by atoms with Gasteiger partial charge < -0.3 is 14.8 Å². The molecule has 2 saturated heterocycles. The maximum Gasteiger partial charge on any atom is 0.325 e. The molecule has 1 atom stereocenters. The number of fused-ring (bicyclic) bond motifs is 1. The third-order valence-electron chi connectivity index (χ3n) is 7.28. The Morgan fingerprint density at radius 2 is 1.97 bits per heavy atom. The molecular weight excluding hydrogens is 450 g/mol. The Bertz CT molecular complexity index is 1230. The van der Waals surface area contributed by atoms with Gasteiger partial charge in [-0.3, -0.25) is 14.5 Å². The summed E-state index contributed by atoms with van der Waals surface area (Å²) in [6.45, 7) is 5.87. The largest absolute Gasteiger partial charge is 0.343 e. The van der Waals surface area contributed by atoms with Crippen LogP contribution in [0.1, 0.15) is 37.6 Å². The van der Waals surface area contributed by atoms with E-state index in [9.17, 15) is 14.4 Å². The first-order valence-corrected chi connectivity index (χ1v) is 12.7. The van der Waals surface area contributed by atoms with E-state index in [1.807, 2.05) is 59.8 Å². The molecule has 34 heavy (non-hydrogen) atoms. The molecule has 2 aliphatic rings. The van der Waals surface area contributed by atoms with Gasteiger partial charge in [-0.1, -0.05) is 12.1 Å². The number of imide groups is 1. The number of amides is 4. The first-order chi connectivity index (χ1) is 16.4. The Morgan fingerprint density at radius 1 is 1.21 bits per heavy atom. The zero-order valence-corrected chi connectivity index (χ0v) is 20.3. The number of para-hydroxylation sites is 2. The number of carbonyl (C=O) groups is 3. The topological polar surface area (TPSA) is 87.5 Å². The summed E-state index contributed by atoms with van der Waals surface area (Å²) in [7, 11) is 0. The van der Waals surface area contributed by atoms with Crippen LogP contribution in [0.4, 0.5) is 4.79 Å². The molecule has 0 bridgehead atoms. The number of carbonyl (C=O) groups excluding carboxylic acids is 3. The molecule has 4 amide bonds. The first kappa shape index (κ1) is 22.6. The summed E-state index contributed by atoms with van der Waals surface area (Å²) in [5.74, 6) is 0.848. The SMILES string of the molecule is Cc1nc2ccccc2n1CCC(=O)N1CCC([C@@]2(C)NC(=O)N(Cc3ccsc3)C2=O)CC1. The highest BCUT2D eigenvalue weighted by Crippen LogP contribution is 2.34. The van der Waals surface area contributed by atoms with Crippen molar-refractivity contribution in [2.45, 2.75) is 51.7 Å². The molecule has 2 aliphatic heterocycles. The summed E-state index contributed by atoms with van der Waals surface area (Å²) in [4.78, 5) is 46.5. The number of hydrogen-bond donors (Lipinski definition) is 1. The van der Waals surface area contributed by atoms with Gasteiger partial charge in [0.2, 0.25) is 5.91 Å². The fourth-order valence-corrected chi connectivity index (χ4v) is 5.91. The van der Waals surface area contributed by atoms with Crippen LogP contribution in [0.25, 0.3) is 11.0 Å². The lowest BCUT2D eigenvalue weighted by Gasteiger charge is -2.39. The smallest absolute Gasteiger partial charge is 0.325 e. The number of likely N-dealkylation sites (tertiary alicyclic amines) is 1. The Hall–Kier alpha value is -3.20. The van der Waals surface area contributed by atoms with Crippen LogP contribution in [0.5, 0.6) is 0 Å². The van der Waals surface area contributed by atoms with Crippen LogP contribution in [0, 0.1) is 12.8 Å². The van der Waals surface area contributed by atoms with Crippen LogP contribution in [0.2, 0.25) is 0 Å². The summed E-state index contributed by atoms with van der Waals surface area (Å²) in [6, 6.07) is 9.56. The van der Waals surface area contributed by atoms with Crippen LogP contribution < -0.4 is 5.32 Å². The molecule has 2 fully saturated rings. The van der Waals surface area contributed by atoms with Crippen LogP contribution in [0.15, 0.2) is 41.1 Å². The Morgan fingerprint density at radius 3 is 2.71 bits per heavy atom. The van der Waals surface area contributed by atoms with E-state index in [-0.39, 0.29) is 23.8 Å². The second-order valence-corrected chi connectivity index (χ2v) is 10.1. The van der Waals surface area contributed by atoms with Gasteiger partial charge in [-0.05, 0) is 67.1 Å². The van der Waals surface area contributed by atoms with Gasteiger partial charge in [-0.2, -0.15) is 11.3 Å². The normalized spacial score (nSPS) is 21.5. The lowest BCUT2D eigenvalue weighted by atomic mass is 9.79. The van der Waals surface area contributed by atoms with E-state index in [0.717, 1.165) is 22.4 Å².